The largest absolute Gasteiger partial charge is 0.435 e. The molecule has 7 heteroatoms. The van der Waals surface area contributed by atoms with E-state index in [1.165, 1.54) is 35.0 Å². The molecule has 2 aromatic carbocycles. The maximum absolute atomic E-state index is 12.2. The van der Waals surface area contributed by atoms with Crippen molar-refractivity contribution in [3.63, 3.8) is 0 Å². The van der Waals surface area contributed by atoms with Gasteiger partial charge in [0.2, 0.25) is 5.89 Å². The number of nitrogens with zero attached hydrogens (tertiary/aromatic N) is 2. The maximum Gasteiger partial charge on any atom is 0.387 e. The average Bonchev–Trinajstić information content (AvgIpc) is 3.09. The maximum atomic E-state index is 12.2. The topological polar surface area (TPSA) is 48.2 Å². The Bertz CT molecular complexity index is 834. The summed E-state index contributed by atoms with van der Waals surface area (Å²) in [5.74, 6) is 1.66. The highest BCUT2D eigenvalue weighted by molar-refractivity contribution is 7.98. The fourth-order valence-corrected chi connectivity index (χ4v) is 3.03. The summed E-state index contributed by atoms with van der Waals surface area (Å²) >= 11 is 1.45. The average molecular weight is 376 g/mol. The van der Waals surface area contributed by atoms with Crippen molar-refractivity contribution in [2.24, 2.45) is 0 Å². The molecular weight excluding hydrogens is 358 g/mol. The van der Waals surface area contributed by atoms with E-state index in [9.17, 15) is 8.78 Å². The second kappa shape index (κ2) is 8.31. The minimum atomic E-state index is -2.85. The Kier molecular flexibility index (Phi) is 5.88. The van der Waals surface area contributed by atoms with E-state index in [-0.39, 0.29) is 5.75 Å². The third-order valence-corrected chi connectivity index (χ3v) is 4.63. The molecular formula is C19H18F2N2O2S. The van der Waals surface area contributed by atoms with Crippen LogP contribution in [0.4, 0.5) is 8.78 Å². The fraction of sp³-hybridized carbons (Fsp3) is 0.263. The number of hydrogen-bond donors (Lipinski definition) is 0. The van der Waals surface area contributed by atoms with Crippen molar-refractivity contribution in [3.05, 3.63) is 59.7 Å². The normalized spacial score (nSPS) is 11.3. The number of alkyl halides is 2. The second-order valence-corrected chi connectivity index (χ2v) is 6.89. The Hall–Kier alpha value is -2.41. The van der Waals surface area contributed by atoms with Gasteiger partial charge in [0.1, 0.15) is 5.75 Å². The molecule has 0 aliphatic carbocycles. The van der Waals surface area contributed by atoms with E-state index in [0.29, 0.717) is 22.6 Å². The van der Waals surface area contributed by atoms with Crippen molar-refractivity contribution in [2.45, 2.75) is 37.4 Å². The second-order valence-electron chi connectivity index (χ2n) is 5.96. The van der Waals surface area contributed by atoms with Gasteiger partial charge in [0.05, 0.1) is 0 Å². The van der Waals surface area contributed by atoms with Gasteiger partial charge in [0, 0.05) is 11.3 Å². The van der Waals surface area contributed by atoms with Crippen LogP contribution in [0, 0.1) is 0 Å². The standard InChI is InChI=1S/C19H18F2N2O2S/c1-12(2)14-5-3-13(4-6-14)11-26-19-23-22-17(25-19)15-7-9-16(10-8-15)24-18(20)21/h3-10,12,18H,11H2,1-2H3. The summed E-state index contributed by atoms with van der Waals surface area (Å²) in [5.41, 5.74) is 3.12. The van der Waals surface area contributed by atoms with E-state index in [0.717, 1.165) is 5.75 Å². The number of aromatic nitrogens is 2. The van der Waals surface area contributed by atoms with Crippen molar-refractivity contribution in [1.29, 1.82) is 0 Å². The van der Waals surface area contributed by atoms with E-state index in [1.807, 2.05) is 0 Å². The summed E-state index contributed by atoms with van der Waals surface area (Å²) < 4.78 is 34.3. The molecule has 0 amide bonds. The van der Waals surface area contributed by atoms with Crippen LogP contribution in [0.1, 0.15) is 30.9 Å². The minimum Gasteiger partial charge on any atom is -0.435 e. The summed E-state index contributed by atoms with van der Waals surface area (Å²) in [7, 11) is 0. The monoisotopic (exact) mass is 376 g/mol. The third kappa shape index (κ3) is 4.82. The lowest BCUT2D eigenvalue weighted by atomic mass is 10.0. The van der Waals surface area contributed by atoms with Gasteiger partial charge in [-0.1, -0.05) is 49.9 Å². The zero-order valence-electron chi connectivity index (χ0n) is 14.4. The van der Waals surface area contributed by atoms with Gasteiger partial charge >= 0.3 is 6.61 Å². The minimum absolute atomic E-state index is 0.0858. The SMILES string of the molecule is CC(C)c1ccc(CSc2nnc(-c3ccc(OC(F)F)cc3)o2)cc1. The first kappa shape index (κ1) is 18.4. The van der Waals surface area contributed by atoms with Crippen molar-refractivity contribution < 1.29 is 17.9 Å². The molecule has 3 rings (SSSR count). The highest BCUT2D eigenvalue weighted by Crippen LogP contribution is 2.27. The van der Waals surface area contributed by atoms with Crippen LogP contribution in [-0.2, 0) is 5.75 Å². The highest BCUT2D eigenvalue weighted by Gasteiger charge is 2.11. The van der Waals surface area contributed by atoms with Crippen LogP contribution in [0.5, 0.6) is 5.75 Å². The van der Waals surface area contributed by atoms with Crippen LogP contribution in [0.3, 0.4) is 0 Å². The molecule has 0 atom stereocenters. The summed E-state index contributed by atoms with van der Waals surface area (Å²) in [6.45, 7) is 1.48. The van der Waals surface area contributed by atoms with Gasteiger partial charge in [-0.25, -0.2) is 0 Å². The molecule has 0 aliphatic heterocycles. The lowest BCUT2D eigenvalue weighted by Gasteiger charge is -2.05. The molecule has 0 unspecified atom stereocenters. The summed E-state index contributed by atoms with van der Waals surface area (Å²) in [4.78, 5) is 0. The molecule has 0 bridgehead atoms. The van der Waals surface area contributed by atoms with Gasteiger partial charge in [-0.05, 0) is 41.3 Å². The smallest absolute Gasteiger partial charge is 0.387 e. The van der Waals surface area contributed by atoms with Crippen LogP contribution in [-0.4, -0.2) is 16.8 Å². The lowest BCUT2D eigenvalue weighted by Crippen LogP contribution is -2.01. The van der Waals surface area contributed by atoms with E-state index in [4.69, 9.17) is 4.42 Å². The molecule has 1 heterocycles. The molecule has 0 fully saturated rings. The number of rotatable bonds is 7. The summed E-state index contributed by atoms with van der Waals surface area (Å²) in [5, 5.41) is 8.48. The molecule has 3 aromatic rings. The molecule has 26 heavy (non-hydrogen) atoms. The first-order valence-corrected chi connectivity index (χ1v) is 9.10. The van der Waals surface area contributed by atoms with Gasteiger partial charge in [-0.2, -0.15) is 8.78 Å². The van der Waals surface area contributed by atoms with Gasteiger partial charge in [0.25, 0.3) is 5.22 Å². The first-order chi connectivity index (χ1) is 12.5. The van der Waals surface area contributed by atoms with Crippen LogP contribution in [0.25, 0.3) is 11.5 Å². The van der Waals surface area contributed by atoms with Crippen molar-refractivity contribution in [2.75, 3.05) is 0 Å². The quantitative estimate of drug-likeness (QED) is 0.491. The van der Waals surface area contributed by atoms with E-state index in [1.54, 1.807) is 12.1 Å². The zero-order chi connectivity index (χ0) is 18.5. The van der Waals surface area contributed by atoms with Gasteiger partial charge in [-0.3, -0.25) is 0 Å². The summed E-state index contributed by atoms with van der Waals surface area (Å²) in [6.07, 6.45) is 0. The fourth-order valence-electron chi connectivity index (χ4n) is 2.31. The molecule has 0 radical (unpaired) electrons. The molecule has 0 saturated heterocycles. The number of benzene rings is 2. The molecule has 0 saturated carbocycles. The van der Waals surface area contributed by atoms with Crippen molar-refractivity contribution in [1.82, 2.24) is 10.2 Å². The molecule has 136 valence electrons. The third-order valence-electron chi connectivity index (χ3n) is 3.74. The molecule has 1 aromatic heterocycles. The Morgan fingerprint density at radius 3 is 2.31 bits per heavy atom. The lowest BCUT2D eigenvalue weighted by molar-refractivity contribution is -0.0498. The Labute approximate surface area is 154 Å². The molecule has 0 N–H and O–H groups in total. The molecule has 0 spiro atoms. The molecule has 4 nitrogen and oxygen atoms in total. The Morgan fingerprint density at radius 2 is 1.69 bits per heavy atom. The van der Waals surface area contributed by atoms with Gasteiger partial charge in [-0.15, -0.1) is 10.2 Å². The van der Waals surface area contributed by atoms with Crippen LogP contribution >= 0.6 is 11.8 Å². The Balaban J connectivity index is 1.60. The number of thioether (sulfide) groups is 1. The summed E-state index contributed by atoms with van der Waals surface area (Å²) in [6, 6.07) is 14.5. The van der Waals surface area contributed by atoms with Crippen molar-refractivity contribution in [3.8, 4) is 17.2 Å². The van der Waals surface area contributed by atoms with Crippen LogP contribution < -0.4 is 4.74 Å². The van der Waals surface area contributed by atoms with E-state index >= 15 is 0 Å². The first-order valence-electron chi connectivity index (χ1n) is 8.11. The van der Waals surface area contributed by atoms with Crippen LogP contribution in [0.2, 0.25) is 0 Å². The van der Waals surface area contributed by atoms with E-state index < -0.39 is 6.61 Å². The predicted molar refractivity (Wildman–Crippen MR) is 96.5 cm³/mol. The van der Waals surface area contributed by atoms with Gasteiger partial charge in [0.15, 0.2) is 0 Å². The zero-order valence-corrected chi connectivity index (χ0v) is 15.2. The predicted octanol–water partition coefficient (Wildman–Crippen LogP) is 5.75. The Morgan fingerprint density at radius 1 is 1.00 bits per heavy atom. The van der Waals surface area contributed by atoms with Gasteiger partial charge < -0.3 is 9.15 Å². The molecule has 0 aliphatic rings. The number of hydrogen-bond acceptors (Lipinski definition) is 5. The number of halogens is 2. The van der Waals surface area contributed by atoms with Crippen molar-refractivity contribution >= 4 is 11.8 Å². The highest BCUT2D eigenvalue weighted by atomic mass is 32.2. The number of ether oxygens (including phenoxy) is 1. The van der Waals surface area contributed by atoms with Crippen LogP contribution in [0.15, 0.2) is 58.2 Å². The van der Waals surface area contributed by atoms with E-state index in [2.05, 4.69) is 53.0 Å².